The third-order valence-electron chi connectivity index (χ3n) is 2.28. The highest BCUT2D eigenvalue weighted by molar-refractivity contribution is 5.81. The van der Waals surface area contributed by atoms with E-state index in [1.54, 1.807) is 0 Å². The Morgan fingerprint density at radius 1 is 1.50 bits per heavy atom. The molecule has 0 aromatic carbocycles. The van der Waals surface area contributed by atoms with Crippen LogP contribution < -0.4 is 0 Å². The molecule has 0 radical (unpaired) electrons. The topological polar surface area (TPSA) is 29.5 Å². The Morgan fingerprint density at radius 3 is 2.58 bits per heavy atom. The van der Waals surface area contributed by atoms with Crippen LogP contribution in [0.25, 0.3) is 0 Å². The third-order valence-corrected chi connectivity index (χ3v) is 2.28. The number of carbonyl (C=O) groups is 1. The fourth-order valence-electron chi connectivity index (χ4n) is 1.51. The van der Waals surface area contributed by atoms with E-state index in [-0.39, 0.29) is 12.0 Å². The molecule has 0 aromatic heterocycles. The molecule has 0 bridgehead atoms. The summed E-state index contributed by atoms with van der Waals surface area (Å²) >= 11 is 0. The summed E-state index contributed by atoms with van der Waals surface area (Å²) in [5.74, 6) is 0.164. The number of carbonyl (C=O) groups excluding carboxylic acids is 1. The molecule has 0 N–H and O–H groups in total. The minimum Gasteiger partial charge on any atom is -0.368 e. The number of ether oxygens (including phenoxy) is 1. The van der Waals surface area contributed by atoms with Gasteiger partial charge in [-0.2, -0.15) is 0 Å². The van der Waals surface area contributed by atoms with E-state index in [1.165, 1.54) is 0 Å². The lowest BCUT2D eigenvalue weighted by Gasteiger charge is -2.21. The number of rotatable bonds is 3. The van der Waals surface area contributed by atoms with E-state index in [2.05, 4.69) is 0 Å². The molecule has 1 aliphatic rings. The highest BCUT2D eigenvalue weighted by Gasteiger charge is 2.26. The molecular formula is C9H17NO2. The number of hydrogen-bond acceptors (Lipinski definition) is 2. The van der Waals surface area contributed by atoms with Crippen LogP contribution in [-0.4, -0.2) is 36.6 Å². The Hall–Kier alpha value is -0.570. The summed E-state index contributed by atoms with van der Waals surface area (Å²) in [6.07, 6.45) is 1.78. The highest BCUT2D eigenvalue weighted by atomic mass is 16.5. The van der Waals surface area contributed by atoms with Gasteiger partial charge in [0.15, 0.2) is 0 Å². The van der Waals surface area contributed by atoms with Gasteiger partial charge >= 0.3 is 0 Å². The lowest BCUT2D eigenvalue weighted by molar-refractivity contribution is -0.140. The van der Waals surface area contributed by atoms with Crippen LogP contribution in [0.2, 0.25) is 0 Å². The SMILES string of the molecule is CCN(CC)C(=O)[C@@H]1CCCO1. The fourth-order valence-corrected chi connectivity index (χ4v) is 1.51. The average molecular weight is 171 g/mol. The lowest BCUT2D eigenvalue weighted by atomic mass is 10.2. The summed E-state index contributed by atoms with van der Waals surface area (Å²) in [4.78, 5) is 13.4. The number of hydrogen-bond donors (Lipinski definition) is 0. The molecule has 0 aliphatic carbocycles. The molecule has 3 nitrogen and oxygen atoms in total. The van der Waals surface area contributed by atoms with Gasteiger partial charge in [0.1, 0.15) is 6.10 Å². The second-order valence-corrected chi connectivity index (χ2v) is 3.01. The van der Waals surface area contributed by atoms with Gasteiger partial charge in [0.2, 0.25) is 0 Å². The van der Waals surface area contributed by atoms with Crippen LogP contribution >= 0.6 is 0 Å². The molecule has 0 aromatic rings. The van der Waals surface area contributed by atoms with Crippen LogP contribution in [0, 0.1) is 0 Å². The normalized spacial score (nSPS) is 22.7. The average Bonchev–Trinajstić information content (AvgIpc) is 2.58. The predicted octanol–water partition coefficient (Wildman–Crippen LogP) is 1.03. The van der Waals surface area contributed by atoms with E-state index in [0.29, 0.717) is 0 Å². The van der Waals surface area contributed by atoms with E-state index in [4.69, 9.17) is 4.74 Å². The van der Waals surface area contributed by atoms with Crippen molar-refractivity contribution >= 4 is 5.91 Å². The van der Waals surface area contributed by atoms with E-state index < -0.39 is 0 Å². The molecule has 1 atom stereocenters. The van der Waals surface area contributed by atoms with Crippen LogP contribution in [0.3, 0.4) is 0 Å². The summed E-state index contributed by atoms with van der Waals surface area (Å²) in [7, 11) is 0. The van der Waals surface area contributed by atoms with Crippen molar-refractivity contribution in [2.75, 3.05) is 19.7 Å². The van der Waals surface area contributed by atoms with Crippen molar-refractivity contribution in [1.82, 2.24) is 4.90 Å². The zero-order valence-electron chi connectivity index (χ0n) is 7.88. The van der Waals surface area contributed by atoms with Gasteiger partial charge in [0.05, 0.1) is 0 Å². The Bertz CT molecular complexity index is 145. The summed E-state index contributed by atoms with van der Waals surface area (Å²) in [5, 5.41) is 0. The largest absolute Gasteiger partial charge is 0.368 e. The maximum atomic E-state index is 11.6. The van der Waals surface area contributed by atoms with Gasteiger partial charge in [0, 0.05) is 19.7 Å². The molecule has 1 heterocycles. The van der Waals surface area contributed by atoms with Crippen LogP contribution in [0.4, 0.5) is 0 Å². The van der Waals surface area contributed by atoms with Gasteiger partial charge in [-0.1, -0.05) is 0 Å². The molecule has 0 unspecified atom stereocenters. The van der Waals surface area contributed by atoms with Gasteiger partial charge < -0.3 is 9.64 Å². The first-order valence-electron chi connectivity index (χ1n) is 4.70. The molecule has 70 valence electrons. The zero-order valence-corrected chi connectivity index (χ0v) is 7.88. The maximum Gasteiger partial charge on any atom is 0.251 e. The summed E-state index contributed by atoms with van der Waals surface area (Å²) < 4.78 is 5.31. The minimum absolute atomic E-state index is 0.148. The summed E-state index contributed by atoms with van der Waals surface area (Å²) in [5.41, 5.74) is 0. The van der Waals surface area contributed by atoms with Crippen molar-refractivity contribution in [2.24, 2.45) is 0 Å². The Morgan fingerprint density at radius 2 is 2.17 bits per heavy atom. The fraction of sp³-hybridized carbons (Fsp3) is 0.889. The molecule has 1 aliphatic heterocycles. The standard InChI is InChI=1S/C9H17NO2/c1-3-10(4-2)9(11)8-6-5-7-12-8/h8H,3-7H2,1-2H3/t8-/m0/s1. The lowest BCUT2D eigenvalue weighted by Crippen LogP contribution is -2.38. The molecule has 12 heavy (non-hydrogen) atoms. The Balaban J connectivity index is 2.43. The molecule has 1 amide bonds. The molecular weight excluding hydrogens is 154 g/mol. The molecule has 1 rings (SSSR count). The summed E-state index contributed by atoms with van der Waals surface area (Å²) in [6, 6.07) is 0. The van der Waals surface area contributed by atoms with E-state index in [9.17, 15) is 4.79 Å². The van der Waals surface area contributed by atoms with E-state index >= 15 is 0 Å². The second kappa shape index (κ2) is 4.45. The first-order valence-corrected chi connectivity index (χ1v) is 4.70. The quantitative estimate of drug-likeness (QED) is 0.635. The highest BCUT2D eigenvalue weighted by Crippen LogP contribution is 2.14. The van der Waals surface area contributed by atoms with Crippen molar-refractivity contribution < 1.29 is 9.53 Å². The van der Waals surface area contributed by atoms with Crippen LogP contribution in [0.15, 0.2) is 0 Å². The van der Waals surface area contributed by atoms with Crippen LogP contribution in [0.1, 0.15) is 26.7 Å². The molecule has 1 saturated heterocycles. The third kappa shape index (κ3) is 1.97. The van der Waals surface area contributed by atoms with Gasteiger partial charge in [-0.05, 0) is 26.7 Å². The van der Waals surface area contributed by atoms with E-state index in [1.807, 2.05) is 18.7 Å². The van der Waals surface area contributed by atoms with Gasteiger partial charge in [-0.15, -0.1) is 0 Å². The van der Waals surface area contributed by atoms with E-state index in [0.717, 1.165) is 32.5 Å². The molecule has 0 saturated carbocycles. The maximum absolute atomic E-state index is 11.6. The molecule has 1 fully saturated rings. The van der Waals surface area contributed by atoms with Crippen molar-refractivity contribution in [2.45, 2.75) is 32.8 Å². The zero-order chi connectivity index (χ0) is 8.97. The van der Waals surface area contributed by atoms with Gasteiger partial charge in [-0.3, -0.25) is 4.79 Å². The van der Waals surface area contributed by atoms with Gasteiger partial charge in [-0.25, -0.2) is 0 Å². The molecule has 3 heteroatoms. The monoisotopic (exact) mass is 171 g/mol. The predicted molar refractivity (Wildman–Crippen MR) is 46.9 cm³/mol. The van der Waals surface area contributed by atoms with Crippen molar-refractivity contribution in [1.29, 1.82) is 0 Å². The van der Waals surface area contributed by atoms with Crippen LogP contribution in [-0.2, 0) is 9.53 Å². The Labute approximate surface area is 73.7 Å². The molecule has 0 spiro atoms. The number of nitrogens with zero attached hydrogens (tertiary/aromatic N) is 1. The summed E-state index contributed by atoms with van der Waals surface area (Å²) in [6.45, 7) is 6.31. The number of amides is 1. The van der Waals surface area contributed by atoms with Crippen molar-refractivity contribution in [3.63, 3.8) is 0 Å². The van der Waals surface area contributed by atoms with Crippen molar-refractivity contribution in [3.05, 3.63) is 0 Å². The van der Waals surface area contributed by atoms with Crippen molar-refractivity contribution in [3.8, 4) is 0 Å². The minimum atomic E-state index is -0.148. The first-order chi connectivity index (χ1) is 5.79. The van der Waals surface area contributed by atoms with Gasteiger partial charge in [0.25, 0.3) is 5.91 Å². The smallest absolute Gasteiger partial charge is 0.251 e. The van der Waals surface area contributed by atoms with Crippen LogP contribution in [0.5, 0.6) is 0 Å². The number of likely N-dealkylation sites (N-methyl/N-ethyl adjacent to an activating group) is 1. The Kier molecular flexibility index (Phi) is 3.53. The second-order valence-electron chi connectivity index (χ2n) is 3.01. The first kappa shape index (κ1) is 9.52.